The molecule has 1 aromatic carbocycles. The first-order valence-corrected chi connectivity index (χ1v) is 10.2. The molecule has 0 aliphatic carbocycles. The number of benzene rings is 1. The van der Waals surface area contributed by atoms with Crippen LogP contribution in [-0.4, -0.2) is 24.1 Å². The van der Waals surface area contributed by atoms with Crippen LogP contribution in [0.3, 0.4) is 0 Å². The van der Waals surface area contributed by atoms with E-state index in [-0.39, 0.29) is 11.5 Å². The molecule has 3 aromatic rings. The monoisotopic (exact) mass is 443 g/mol. The van der Waals surface area contributed by atoms with E-state index in [1.165, 1.54) is 22.0 Å². The summed E-state index contributed by atoms with van der Waals surface area (Å²) >= 11 is 7.10. The van der Waals surface area contributed by atoms with Crippen molar-refractivity contribution in [1.29, 1.82) is 0 Å². The fraction of sp³-hybridized carbons (Fsp3) is 0.100. The highest BCUT2D eigenvalue weighted by molar-refractivity contribution is 7.18. The number of methoxy groups -OCH3 is 1. The fourth-order valence-electron chi connectivity index (χ4n) is 2.93. The Labute approximate surface area is 181 Å². The van der Waals surface area contributed by atoms with E-state index in [9.17, 15) is 9.59 Å². The number of hydrogen-bond acceptors (Lipinski definition) is 7. The predicted molar refractivity (Wildman–Crippen MR) is 117 cm³/mol. The summed E-state index contributed by atoms with van der Waals surface area (Å²) in [5.41, 5.74) is 8.09. The zero-order valence-corrected chi connectivity index (χ0v) is 17.5. The quantitative estimate of drug-likeness (QED) is 0.543. The largest absolute Gasteiger partial charge is 0.494 e. The number of amides is 1. The van der Waals surface area contributed by atoms with E-state index < -0.39 is 0 Å². The molecule has 3 N–H and O–H groups in total. The van der Waals surface area contributed by atoms with Gasteiger partial charge in [-0.3, -0.25) is 19.2 Å². The maximum Gasteiger partial charge on any atom is 0.261 e. The Morgan fingerprint density at radius 2 is 2.10 bits per heavy atom. The van der Waals surface area contributed by atoms with E-state index in [2.05, 4.69) is 16.3 Å². The van der Waals surface area contributed by atoms with E-state index in [0.29, 0.717) is 27.2 Å². The van der Waals surface area contributed by atoms with Crippen molar-refractivity contribution in [2.75, 3.05) is 18.7 Å². The summed E-state index contributed by atoms with van der Waals surface area (Å²) in [7, 11) is 1.57. The van der Waals surface area contributed by atoms with Gasteiger partial charge in [0.1, 0.15) is 11.4 Å². The van der Waals surface area contributed by atoms with Gasteiger partial charge in [-0.25, -0.2) is 0 Å². The van der Waals surface area contributed by atoms with Crippen molar-refractivity contribution in [3.8, 4) is 11.4 Å². The molecule has 0 saturated carbocycles. The van der Waals surface area contributed by atoms with Crippen LogP contribution in [-0.2, 0) is 0 Å². The molecule has 2 aromatic heterocycles. The van der Waals surface area contributed by atoms with Gasteiger partial charge in [-0.15, -0.1) is 16.9 Å². The van der Waals surface area contributed by atoms with Crippen LogP contribution in [0.15, 0.2) is 71.4 Å². The molecule has 0 saturated heterocycles. The number of nitrogens with zero attached hydrogens (tertiary/aromatic N) is 2. The van der Waals surface area contributed by atoms with Gasteiger partial charge in [0, 0.05) is 24.5 Å². The molecule has 1 aliphatic rings. The average molecular weight is 444 g/mol. The summed E-state index contributed by atoms with van der Waals surface area (Å²) in [6, 6.07) is 13.8. The first-order valence-electron chi connectivity index (χ1n) is 8.96. The maximum absolute atomic E-state index is 12.2. The molecular weight excluding hydrogens is 426 g/mol. The average Bonchev–Trinajstić information content (AvgIpc) is 3.41. The number of aromatic nitrogens is 1. The Balaban J connectivity index is 1.49. The van der Waals surface area contributed by atoms with E-state index in [1.54, 1.807) is 48.6 Å². The first kappa shape index (κ1) is 20.0. The van der Waals surface area contributed by atoms with Crippen molar-refractivity contribution >= 4 is 34.5 Å². The maximum atomic E-state index is 12.2. The highest BCUT2D eigenvalue weighted by Gasteiger charge is 2.18. The Bertz CT molecular complexity index is 1170. The van der Waals surface area contributed by atoms with Gasteiger partial charge in [0.2, 0.25) is 0 Å². The summed E-state index contributed by atoms with van der Waals surface area (Å²) < 4.78 is 7.62. The lowest BCUT2D eigenvalue weighted by Crippen LogP contribution is -2.38. The number of pyridine rings is 1. The summed E-state index contributed by atoms with van der Waals surface area (Å²) in [5, 5.41) is 4.57. The van der Waals surface area contributed by atoms with Gasteiger partial charge >= 0.3 is 0 Å². The molecule has 4 rings (SSSR count). The minimum Gasteiger partial charge on any atom is -0.494 e. The highest BCUT2D eigenvalue weighted by atomic mass is 35.5. The highest BCUT2D eigenvalue weighted by Crippen LogP contribution is 2.30. The van der Waals surface area contributed by atoms with Crippen LogP contribution in [0.5, 0.6) is 5.75 Å². The van der Waals surface area contributed by atoms with Gasteiger partial charge in [0.25, 0.3) is 11.5 Å². The van der Waals surface area contributed by atoms with Crippen molar-refractivity contribution in [3.05, 3.63) is 86.2 Å². The molecule has 3 heterocycles. The molecule has 0 spiro atoms. The molecule has 0 bridgehead atoms. The summed E-state index contributed by atoms with van der Waals surface area (Å²) in [4.78, 5) is 24.8. The Kier molecular flexibility index (Phi) is 5.75. The minimum atomic E-state index is -0.191. The van der Waals surface area contributed by atoms with Crippen molar-refractivity contribution in [2.45, 2.75) is 0 Å². The summed E-state index contributed by atoms with van der Waals surface area (Å²) in [6.07, 6.45) is 3.52. The van der Waals surface area contributed by atoms with Crippen LogP contribution in [0.2, 0.25) is 4.34 Å². The van der Waals surface area contributed by atoms with Gasteiger partial charge in [0.05, 0.1) is 34.3 Å². The van der Waals surface area contributed by atoms with Crippen LogP contribution in [0.4, 0.5) is 5.69 Å². The summed E-state index contributed by atoms with van der Waals surface area (Å²) in [6.45, 7) is 0.303. The van der Waals surface area contributed by atoms with Crippen LogP contribution in [0.1, 0.15) is 9.67 Å². The number of carbonyl (C=O) groups is 1. The number of hydrogen-bond donors (Lipinski definition) is 3. The standard InChI is InChI=1S/C20H18ClN5O3S/c1-29-16-10-14(25-9-3-2-4-19(25)27)5-6-15(16)26-12-13(23-24-26)11-22-20(28)17-7-8-18(21)30-17/h2-10,12,23-24H,11H2,1H3,(H,22,28). The van der Waals surface area contributed by atoms with Crippen LogP contribution in [0.25, 0.3) is 5.69 Å². The number of nitrogens with one attached hydrogen (secondary N) is 3. The Hall–Kier alpha value is -3.27. The molecule has 154 valence electrons. The zero-order chi connectivity index (χ0) is 21.1. The molecule has 30 heavy (non-hydrogen) atoms. The number of halogens is 1. The van der Waals surface area contributed by atoms with Gasteiger partial charge in [-0.2, -0.15) is 0 Å². The van der Waals surface area contributed by atoms with E-state index in [4.69, 9.17) is 16.3 Å². The third kappa shape index (κ3) is 4.18. The van der Waals surface area contributed by atoms with Crippen LogP contribution in [0, 0.1) is 0 Å². The van der Waals surface area contributed by atoms with Crippen molar-refractivity contribution in [3.63, 3.8) is 0 Å². The van der Waals surface area contributed by atoms with Crippen LogP contribution < -0.4 is 31.6 Å². The van der Waals surface area contributed by atoms with Crippen LogP contribution >= 0.6 is 22.9 Å². The molecule has 0 fully saturated rings. The number of hydrazine groups is 2. The van der Waals surface area contributed by atoms with Gasteiger partial charge in [-0.05, 0) is 30.3 Å². The molecule has 0 unspecified atom stereocenters. The second kappa shape index (κ2) is 8.62. The lowest BCUT2D eigenvalue weighted by Gasteiger charge is -2.19. The topological polar surface area (TPSA) is 87.6 Å². The van der Waals surface area contributed by atoms with Crippen molar-refractivity contribution in [2.24, 2.45) is 0 Å². The molecule has 10 heteroatoms. The molecule has 8 nitrogen and oxygen atoms in total. The molecule has 0 atom stereocenters. The van der Waals surface area contributed by atoms with E-state index in [0.717, 1.165) is 11.4 Å². The lowest BCUT2D eigenvalue weighted by atomic mass is 10.2. The first-order chi connectivity index (χ1) is 14.5. The SMILES string of the molecule is COc1cc(-n2ccccc2=O)ccc1N1C=C(CNC(=O)c2ccc(Cl)s2)NN1. The Morgan fingerprint density at radius 3 is 2.83 bits per heavy atom. The normalized spacial score (nSPS) is 13.0. The van der Waals surface area contributed by atoms with Gasteiger partial charge in [-0.1, -0.05) is 17.7 Å². The molecular formula is C20H18ClN5O3S. The fourth-order valence-corrected chi connectivity index (χ4v) is 3.89. The molecule has 1 aliphatic heterocycles. The zero-order valence-electron chi connectivity index (χ0n) is 15.9. The Morgan fingerprint density at radius 1 is 1.23 bits per heavy atom. The second-order valence-corrected chi connectivity index (χ2v) is 8.03. The third-order valence-corrected chi connectivity index (χ3v) is 5.61. The number of carbonyl (C=O) groups excluding carboxylic acids is 1. The van der Waals surface area contributed by atoms with E-state index >= 15 is 0 Å². The molecule has 1 amide bonds. The van der Waals surface area contributed by atoms with Crippen molar-refractivity contribution in [1.82, 2.24) is 20.8 Å². The number of anilines is 1. The number of rotatable bonds is 6. The third-order valence-electron chi connectivity index (χ3n) is 4.38. The van der Waals surface area contributed by atoms with E-state index in [1.807, 2.05) is 18.3 Å². The number of thiophene rings is 1. The van der Waals surface area contributed by atoms with Crippen molar-refractivity contribution < 1.29 is 9.53 Å². The lowest BCUT2D eigenvalue weighted by molar-refractivity contribution is 0.0960. The second-order valence-electron chi connectivity index (χ2n) is 6.31. The van der Waals surface area contributed by atoms with Gasteiger partial charge in [0.15, 0.2) is 0 Å². The smallest absolute Gasteiger partial charge is 0.261 e. The predicted octanol–water partition coefficient (Wildman–Crippen LogP) is 2.66. The number of ether oxygens (including phenoxy) is 1. The minimum absolute atomic E-state index is 0.127. The van der Waals surface area contributed by atoms with Gasteiger partial charge < -0.3 is 15.5 Å². The molecule has 0 radical (unpaired) electrons. The summed E-state index contributed by atoms with van der Waals surface area (Å²) in [5.74, 6) is 0.385.